The summed E-state index contributed by atoms with van der Waals surface area (Å²) in [7, 11) is 0. The van der Waals surface area contributed by atoms with Gasteiger partial charge in [0.25, 0.3) is 0 Å². The Balaban J connectivity index is 0.000000426. The number of hydrogen-bond donors (Lipinski definition) is 2. The summed E-state index contributed by atoms with van der Waals surface area (Å²) in [5, 5.41) is 10.9. The molecule has 14 heteroatoms. The first-order chi connectivity index (χ1) is 17.9. The first-order valence-electron chi connectivity index (χ1n) is 11.7. The van der Waals surface area contributed by atoms with E-state index in [0.717, 1.165) is 25.0 Å². The molecule has 1 aromatic carbocycles. The van der Waals surface area contributed by atoms with Gasteiger partial charge in [-0.25, -0.2) is 32.9 Å². The molecule has 2 aliphatic rings. The van der Waals surface area contributed by atoms with Crippen molar-refractivity contribution in [1.82, 2.24) is 15.0 Å². The van der Waals surface area contributed by atoms with Crippen molar-refractivity contribution in [1.29, 1.82) is 0 Å². The molecule has 2 N–H and O–H groups in total. The minimum atomic E-state index is -5.08. The van der Waals surface area contributed by atoms with Crippen LogP contribution in [0.4, 0.5) is 38.0 Å². The van der Waals surface area contributed by atoms with Crippen molar-refractivity contribution >= 4 is 40.2 Å². The molecule has 204 valence electrons. The van der Waals surface area contributed by atoms with Crippen molar-refractivity contribution in [3.8, 4) is 0 Å². The van der Waals surface area contributed by atoms with Gasteiger partial charge in [-0.15, -0.1) is 0 Å². The van der Waals surface area contributed by atoms with Crippen LogP contribution >= 0.6 is 11.6 Å². The summed E-state index contributed by atoms with van der Waals surface area (Å²) in [6, 6.07) is 5.10. The molecule has 1 saturated carbocycles. The molecule has 2 aromatic heterocycles. The van der Waals surface area contributed by atoms with Crippen LogP contribution in [0.25, 0.3) is 11.0 Å². The number of hydrogen-bond acceptors (Lipinski definition) is 6. The van der Waals surface area contributed by atoms with Crippen LogP contribution in [0.2, 0.25) is 5.15 Å². The summed E-state index contributed by atoms with van der Waals surface area (Å²) in [6.07, 6.45) is -1.73. The summed E-state index contributed by atoms with van der Waals surface area (Å²) in [5.41, 5.74) is 1.22. The number of aromatic nitrogens is 3. The van der Waals surface area contributed by atoms with Crippen molar-refractivity contribution in [3.05, 3.63) is 52.8 Å². The minimum absolute atomic E-state index is 0.0793. The third-order valence-electron chi connectivity index (χ3n) is 6.17. The van der Waals surface area contributed by atoms with Crippen molar-refractivity contribution in [2.45, 2.75) is 44.1 Å². The maximum Gasteiger partial charge on any atom is 0.490 e. The van der Waals surface area contributed by atoms with E-state index in [0.29, 0.717) is 59.8 Å². The largest absolute Gasteiger partial charge is 0.490 e. The van der Waals surface area contributed by atoms with E-state index in [1.54, 1.807) is 12.3 Å². The van der Waals surface area contributed by atoms with Crippen molar-refractivity contribution in [3.63, 3.8) is 0 Å². The molecule has 3 heterocycles. The third-order valence-corrected chi connectivity index (χ3v) is 6.38. The number of alkyl halides is 4. The molecule has 38 heavy (non-hydrogen) atoms. The van der Waals surface area contributed by atoms with Gasteiger partial charge in [0.05, 0.1) is 11.7 Å². The number of nitrogens with one attached hydrogen (secondary N) is 1. The number of rotatable bonds is 5. The summed E-state index contributed by atoms with van der Waals surface area (Å²) in [5.74, 6) is -3.23. The lowest BCUT2D eigenvalue weighted by molar-refractivity contribution is -0.192. The SMILES string of the molecule is Fc1ccc(C(F)C2CCN(c3nc4cnc(Cl)cc4nc3NC3CC3)CC2)c(F)c1.O=C(O)C(F)(F)F. The molecule has 0 spiro atoms. The molecule has 1 aliphatic carbocycles. The van der Waals surface area contributed by atoms with Gasteiger partial charge in [-0.05, 0) is 37.7 Å². The summed E-state index contributed by atoms with van der Waals surface area (Å²) in [6.45, 7) is 1.13. The molecule has 1 unspecified atom stereocenters. The zero-order chi connectivity index (χ0) is 27.6. The number of anilines is 2. The topological polar surface area (TPSA) is 91.2 Å². The highest BCUT2D eigenvalue weighted by Gasteiger charge is 2.38. The van der Waals surface area contributed by atoms with E-state index >= 15 is 4.39 Å². The number of carboxylic acid groups (broad SMARTS) is 1. The van der Waals surface area contributed by atoms with Crippen LogP contribution in [0.3, 0.4) is 0 Å². The number of benzene rings is 1. The van der Waals surface area contributed by atoms with E-state index in [1.165, 1.54) is 6.07 Å². The average Bonchev–Trinajstić information content (AvgIpc) is 3.67. The lowest BCUT2D eigenvalue weighted by Crippen LogP contribution is -2.36. The monoisotopic (exact) mass is 561 g/mol. The van der Waals surface area contributed by atoms with Gasteiger partial charge in [-0.2, -0.15) is 13.2 Å². The van der Waals surface area contributed by atoms with Crippen LogP contribution in [0.5, 0.6) is 0 Å². The van der Waals surface area contributed by atoms with Gasteiger partial charge in [0.2, 0.25) is 0 Å². The Kier molecular flexibility index (Phi) is 8.14. The predicted molar refractivity (Wildman–Crippen MR) is 128 cm³/mol. The molecule has 0 amide bonds. The second-order valence-corrected chi connectivity index (χ2v) is 9.39. The quantitative estimate of drug-likeness (QED) is 0.288. The standard InChI is InChI=1S/C22H21ClF3N5.C2HF3O2/c23-19-10-17-18(11-27-19)30-22(21(29-17)28-14-2-3-14)31-7-5-12(6-8-31)20(26)15-4-1-13(24)9-16(15)25;3-2(4,5)1(6)7/h1,4,9-12,14,20H,2-3,5-8H2,(H,28,29);(H,6,7). The smallest absolute Gasteiger partial charge is 0.475 e. The summed E-state index contributed by atoms with van der Waals surface area (Å²) < 4.78 is 73.9. The van der Waals surface area contributed by atoms with Crippen molar-refractivity contribution in [2.75, 3.05) is 23.3 Å². The predicted octanol–water partition coefficient (Wildman–Crippen LogP) is 6.09. The van der Waals surface area contributed by atoms with Gasteiger partial charge in [-0.1, -0.05) is 17.7 Å². The summed E-state index contributed by atoms with van der Waals surface area (Å²) >= 11 is 6.00. The number of piperidine rings is 1. The molecule has 3 aromatic rings. The molecule has 2 fully saturated rings. The first kappa shape index (κ1) is 27.7. The van der Waals surface area contributed by atoms with Gasteiger partial charge in [0.1, 0.15) is 28.5 Å². The van der Waals surface area contributed by atoms with Crippen LogP contribution in [-0.4, -0.2) is 51.3 Å². The second kappa shape index (κ2) is 11.2. The highest BCUT2D eigenvalue weighted by molar-refractivity contribution is 6.29. The molecular formula is C24H22ClF6N5O2. The maximum absolute atomic E-state index is 15.0. The molecule has 5 rings (SSSR count). The lowest BCUT2D eigenvalue weighted by atomic mass is 9.88. The fraction of sp³-hybridized carbons (Fsp3) is 0.417. The number of pyridine rings is 1. The Hall–Kier alpha value is -3.35. The third kappa shape index (κ3) is 6.74. The van der Waals surface area contributed by atoms with Crippen molar-refractivity contribution in [2.24, 2.45) is 5.92 Å². The van der Waals surface area contributed by atoms with Gasteiger partial charge in [0.15, 0.2) is 11.6 Å². The number of nitrogens with zero attached hydrogens (tertiary/aromatic N) is 4. The van der Waals surface area contributed by atoms with Crippen molar-refractivity contribution < 1.29 is 36.2 Å². The second-order valence-electron chi connectivity index (χ2n) is 9.01. The molecule has 1 saturated heterocycles. The van der Waals surface area contributed by atoms with Gasteiger partial charge < -0.3 is 15.3 Å². The minimum Gasteiger partial charge on any atom is -0.475 e. The van der Waals surface area contributed by atoms with E-state index in [9.17, 15) is 22.0 Å². The molecular weight excluding hydrogens is 540 g/mol. The van der Waals surface area contributed by atoms with E-state index < -0.39 is 30.0 Å². The maximum atomic E-state index is 15.0. The molecule has 1 atom stereocenters. The highest BCUT2D eigenvalue weighted by Crippen LogP contribution is 2.38. The molecule has 0 bridgehead atoms. The van der Waals surface area contributed by atoms with Crippen LogP contribution in [-0.2, 0) is 4.79 Å². The van der Waals surface area contributed by atoms with Crippen LogP contribution in [0.15, 0.2) is 30.5 Å². The number of carboxylic acids is 1. The Bertz CT molecular complexity index is 1320. The van der Waals surface area contributed by atoms with Crippen LogP contribution < -0.4 is 10.2 Å². The van der Waals surface area contributed by atoms with Gasteiger partial charge in [0, 0.05) is 36.8 Å². The number of fused-ring (bicyclic) bond motifs is 1. The number of aliphatic carboxylic acids is 1. The van der Waals surface area contributed by atoms with E-state index in [-0.39, 0.29) is 11.5 Å². The zero-order valence-electron chi connectivity index (χ0n) is 19.7. The summed E-state index contributed by atoms with van der Waals surface area (Å²) in [4.78, 5) is 24.5. The molecule has 7 nitrogen and oxygen atoms in total. The zero-order valence-corrected chi connectivity index (χ0v) is 20.4. The van der Waals surface area contributed by atoms with Crippen LogP contribution in [0.1, 0.15) is 37.4 Å². The fourth-order valence-electron chi connectivity index (χ4n) is 4.05. The molecule has 0 radical (unpaired) electrons. The Morgan fingerprint density at radius 3 is 2.32 bits per heavy atom. The van der Waals surface area contributed by atoms with Crippen LogP contribution in [0, 0.1) is 17.6 Å². The lowest BCUT2D eigenvalue weighted by Gasteiger charge is -2.35. The molecule has 1 aliphatic heterocycles. The van der Waals surface area contributed by atoms with E-state index in [2.05, 4.69) is 15.2 Å². The van der Waals surface area contributed by atoms with E-state index in [4.69, 9.17) is 31.5 Å². The van der Waals surface area contributed by atoms with Gasteiger partial charge >= 0.3 is 12.1 Å². The Labute approximate surface area is 217 Å². The number of carbonyl (C=O) groups is 1. The fourth-order valence-corrected chi connectivity index (χ4v) is 4.20. The Morgan fingerprint density at radius 2 is 1.74 bits per heavy atom. The first-order valence-corrected chi connectivity index (χ1v) is 12.0. The van der Waals surface area contributed by atoms with E-state index in [1.807, 2.05) is 0 Å². The normalized spacial score (nSPS) is 17.1. The Morgan fingerprint density at radius 1 is 1.08 bits per heavy atom. The highest BCUT2D eigenvalue weighted by atomic mass is 35.5. The van der Waals surface area contributed by atoms with Gasteiger partial charge in [-0.3, -0.25) is 0 Å². The average molecular weight is 562 g/mol. The number of halogens is 7.